The smallest absolute Gasteiger partial charge is 0.266 e. The van der Waals surface area contributed by atoms with E-state index in [0.29, 0.717) is 17.7 Å². The highest BCUT2D eigenvalue weighted by atomic mass is 16.4. The van der Waals surface area contributed by atoms with E-state index in [-0.39, 0.29) is 0 Å². The summed E-state index contributed by atoms with van der Waals surface area (Å²) in [4.78, 5) is 4.29. The van der Waals surface area contributed by atoms with Crippen molar-refractivity contribution >= 4 is 0 Å². The fourth-order valence-corrected chi connectivity index (χ4v) is 1.27. The molecule has 2 aromatic heterocycles. The van der Waals surface area contributed by atoms with Crippen LogP contribution in [0.25, 0.3) is 11.6 Å². The van der Waals surface area contributed by atoms with Gasteiger partial charge in [-0.25, -0.2) is 0 Å². The molecule has 0 unspecified atom stereocenters. The molecule has 2 aromatic rings. The van der Waals surface area contributed by atoms with Crippen LogP contribution < -0.4 is 0 Å². The zero-order valence-electron chi connectivity index (χ0n) is 9.06. The monoisotopic (exact) mass is 203 g/mol. The van der Waals surface area contributed by atoms with E-state index in [1.54, 1.807) is 6.92 Å². The Balaban J connectivity index is 2.31. The number of nitrogens with zero attached hydrogens (tertiary/aromatic N) is 3. The summed E-state index contributed by atoms with van der Waals surface area (Å²) in [6.45, 7) is 6.03. The molecule has 0 radical (unpaired) electrons. The van der Waals surface area contributed by atoms with Gasteiger partial charge in [0.05, 0.1) is 0 Å². The van der Waals surface area contributed by atoms with Gasteiger partial charge in [-0.1, -0.05) is 19.9 Å². The lowest BCUT2D eigenvalue weighted by molar-refractivity contribution is 0.531. The molecule has 0 amide bonds. The molecule has 2 rings (SSSR count). The summed E-state index contributed by atoms with van der Waals surface area (Å²) in [5, 5.41) is 7.68. The lowest BCUT2D eigenvalue weighted by atomic mass is 10.1. The number of pyridine rings is 1. The molecule has 0 aliphatic rings. The molecular formula is C11H13N3O. The highest BCUT2D eigenvalue weighted by Crippen LogP contribution is 2.18. The van der Waals surface area contributed by atoms with Crippen molar-refractivity contribution in [2.45, 2.75) is 26.7 Å². The Labute approximate surface area is 88.4 Å². The maximum absolute atomic E-state index is 5.29. The van der Waals surface area contributed by atoms with Gasteiger partial charge >= 0.3 is 0 Å². The number of rotatable bonds is 2. The van der Waals surface area contributed by atoms with Crippen LogP contribution in [0.5, 0.6) is 0 Å². The Morgan fingerprint density at radius 2 is 2.00 bits per heavy atom. The first-order chi connectivity index (χ1) is 7.16. The van der Waals surface area contributed by atoms with Crippen LogP contribution in [0, 0.1) is 6.92 Å². The molecule has 78 valence electrons. The van der Waals surface area contributed by atoms with Crippen LogP contribution in [0.15, 0.2) is 22.7 Å². The van der Waals surface area contributed by atoms with Gasteiger partial charge in [-0.05, 0) is 17.5 Å². The van der Waals surface area contributed by atoms with E-state index in [2.05, 4.69) is 29.0 Å². The molecule has 0 bridgehead atoms. The van der Waals surface area contributed by atoms with E-state index in [0.717, 1.165) is 5.69 Å². The van der Waals surface area contributed by atoms with Gasteiger partial charge in [0.15, 0.2) is 0 Å². The largest absolute Gasteiger partial charge is 0.420 e. The SMILES string of the molecule is Cc1nnc(-c2ccc(C(C)C)cn2)o1. The van der Waals surface area contributed by atoms with Crippen LogP contribution in [0.1, 0.15) is 31.2 Å². The average molecular weight is 203 g/mol. The van der Waals surface area contributed by atoms with Crippen LogP contribution in [-0.2, 0) is 0 Å². The summed E-state index contributed by atoms with van der Waals surface area (Å²) in [6, 6.07) is 3.94. The third-order valence-electron chi connectivity index (χ3n) is 2.20. The number of aryl methyl sites for hydroxylation is 1. The topological polar surface area (TPSA) is 51.8 Å². The molecule has 0 aromatic carbocycles. The van der Waals surface area contributed by atoms with Crippen molar-refractivity contribution in [1.82, 2.24) is 15.2 Å². The normalized spacial score (nSPS) is 10.9. The minimum atomic E-state index is 0.475. The molecule has 4 nitrogen and oxygen atoms in total. The third kappa shape index (κ3) is 2.03. The molecule has 4 heteroatoms. The van der Waals surface area contributed by atoms with Gasteiger partial charge in [0, 0.05) is 13.1 Å². The van der Waals surface area contributed by atoms with E-state index in [1.807, 2.05) is 18.3 Å². The van der Waals surface area contributed by atoms with Crippen LogP contribution >= 0.6 is 0 Å². The maximum Gasteiger partial charge on any atom is 0.266 e. The van der Waals surface area contributed by atoms with Gasteiger partial charge in [-0.15, -0.1) is 10.2 Å². The predicted molar refractivity (Wildman–Crippen MR) is 56.4 cm³/mol. The summed E-state index contributed by atoms with van der Waals surface area (Å²) >= 11 is 0. The molecule has 0 aliphatic heterocycles. The Hall–Kier alpha value is -1.71. The van der Waals surface area contributed by atoms with E-state index >= 15 is 0 Å². The second-order valence-electron chi connectivity index (χ2n) is 3.76. The van der Waals surface area contributed by atoms with Crippen LogP contribution in [0.3, 0.4) is 0 Å². The molecule has 2 heterocycles. The van der Waals surface area contributed by atoms with Crippen molar-refractivity contribution in [3.8, 4) is 11.6 Å². The Morgan fingerprint density at radius 3 is 2.47 bits per heavy atom. The maximum atomic E-state index is 5.29. The first kappa shape index (κ1) is 9.83. The van der Waals surface area contributed by atoms with Crippen LogP contribution in [-0.4, -0.2) is 15.2 Å². The van der Waals surface area contributed by atoms with Crippen molar-refractivity contribution in [3.63, 3.8) is 0 Å². The first-order valence-corrected chi connectivity index (χ1v) is 4.93. The Bertz CT molecular complexity index is 445. The lowest BCUT2D eigenvalue weighted by Crippen LogP contribution is -1.90. The molecule has 0 spiro atoms. The second-order valence-corrected chi connectivity index (χ2v) is 3.76. The lowest BCUT2D eigenvalue weighted by Gasteiger charge is -2.03. The Morgan fingerprint density at radius 1 is 1.20 bits per heavy atom. The van der Waals surface area contributed by atoms with E-state index < -0.39 is 0 Å². The zero-order chi connectivity index (χ0) is 10.8. The Kier molecular flexibility index (Phi) is 2.49. The molecule has 0 saturated carbocycles. The summed E-state index contributed by atoms with van der Waals surface area (Å²) in [6.07, 6.45) is 1.85. The minimum absolute atomic E-state index is 0.475. The fourth-order valence-electron chi connectivity index (χ4n) is 1.27. The van der Waals surface area contributed by atoms with Crippen LogP contribution in [0.2, 0.25) is 0 Å². The molecule has 15 heavy (non-hydrogen) atoms. The van der Waals surface area contributed by atoms with E-state index in [4.69, 9.17) is 4.42 Å². The molecule has 0 aliphatic carbocycles. The predicted octanol–water partition coefficient (Wildman–Crippen LogP) is 2.56. The quantitative estimate of drug-likeness (QED) is 0.752. The molecule has 0 N–H and O–H groups in total. The second kappa shape index (κ2) is 3.81. The zero-order valence-corrected chi connectivity index (χ0v) is 9.06. The van der Waals surface area contributed by atoms with Crippen molar-refractivity contribution in [1.29, 1.82) is 0 Å². The van der Waals surface area contributed by atoms with Crippen LogP contribution in [0.4, 0.5) is 0 Å². The summed E-state index contributed by atoms with van der Waals surface area (Å²) in [5.41, 5.74) is 1.93. The molecule has 0 atom stereocenters. The minimum Gasteiger partial charge on any atom is -0.420 e. The van der Waals surface area contributed by atoms with Gasteiger partial charge in [-0.2, -0.15) is 0 Å². The number of hydrogen-bond donors (Lipinski definition) is 0. The van der Waals surface area contributed by atoms with Crippen molar-refractivity contribution in [2.24, 2.45) is 0 Å². The number of aromatic nitrogens is 3. The summed E-state index contributed by atoms with van der Waals surface area (Å²) in [5.74, 6) is 1.51. The highest BCUT2D eigenvalue weighted by Gasteiger charge is 2.07. The first-order valence-electron chi connectivity index (χ1n) is 4.93. The molecule has 0 fully saturated rings. The van der Waals surface area contributed by atoms with Crippen molar-refractivity contribution in [3.05, 3.63) is 29.8 Å². The summed E-state index contributed by atoms with van der Waals surface area (Å²) < 4.78 is 5.29. The standard InChI is InChI=1S/C11H13N3O/c1-7(2)9-4-5-10(12-6-9)11-14-13-8(3)15-11/h4-7H,1-3H3. The van der Waals surface area contributed by atoms with Gasteiger partial charge < -0.3 is 4.42 Å². The van der Waals surface area contributed by atoms with Gasteiger partial charge in [0.25, 0.3) is 5.89 Å². The fraction of sp³-hybridized carbons (Fsp3) is 0.364. The highest BCUT2D eigenvalue weighted by molar-refractivity contribution is 5.46. The number of hydrogen-bond acceptors (Lipinski definition) is 4. The van der Waals surface area contributed by atoms with E-state index in [9.17, 15) is 0 Å². The van der Waals surface area contributed by atoms with E-state index in [1.165, 1.54) is 5.56 Å². The van der Waals surface area contributed by atoms with Gasteiger partial charge in [-0.3, -0.25) is 4.98 Å². The average Bonchev–Trinajstić information content (AvgIpc) is 2.65. The van der Waals surface area contributed by atoms with Gasteiger partial charge in [0.2, 0.25) is 5.89 Å². The van der Waals surface area contributed by atoms with Crippen molar-refractivity contribution in [2.75, 3.05) is 0 Å². The summed E-state index contributed by atoms with van der Waals surface area (Å²) in [7, 11) is 0. The van der Waals surface area contributed by atoms with Gasteiger partial charge in [0.1, 0.15) is 5.69 Å². The molecular weight excluding hydrogens is 190 g/mol. The third-order valence-corrected chi connectivity index (χ3v) is 2.20. The molecule has 0 saturated heterocycles. The van der Waals surface area contributed by atoms with Crippen molar-refractivity contribution < 1.29 is 4.42 Å².